The van der Waals surface area contributed by atoms with Crippen molar-refractivity contribution in [1.82, 2.24) is 0 Å². The predicted molar refractivity (Wildman–Crippen MR) is 103 cm³/mol. The number of benzene rings is 2. The van der Waals surface area contributed by atoms with Crippen LogP contribution in [0.4, 0.5) is 10.1 Å². The molecule has 0 radical (unpaired) electrons. The van der Waals surface area contributed by atoms with Gasteiger partial charge in [0.15, 0.2) is 18.1 Å². The van der Waals surface area contributed by atoms with E-state index in [2.05, 4.69) is 5.32 Å². The summed E-state index contributed by atoms with van der Waals surface area (Å²) < 4.78 is 30.6. The third-order valence-electron chi connectivity index (χ3n) is 5.09. The van der Waals surface area contributed by atoms with E-state index >= 15 is 0 Å². The molecule has 0 bridgehead atoms. The minimum Gasteiger partial charge on any atom is -0.455 e. The Morgan fingerprint density at radius 1 is 1.03 bits per heavy atom. The van der Waals surface area contributed by atoms with E-state index in [0.29, 0.717) is 17.2 Å². The van der Waals surface area contributed by atoms with E-state index < -0.39 is 30.1 Å². The van der Waals surface area contributed by atoms with Gasteiger partial charge in [0.2, 0.25) is 0 Å². The average molecular weight is 399 g/mol. The van der Waals surface area contributed by atoms with Crippen LogP contribution in [-0.4, -0.2) is 24.3 Å². The zero-order chi connectivity index (χ0) is 20.3. The predicted octanol–water partition coefficient (Wildman–Crippen LogP) is 3.98. The maximum absolute atomic E-state index is 13.6. The van der Waals surface area contributed by atoms with E-state index in [9.17, 15) is 14.0 Å². The summed E-state index contributed by atoms with van der Waals surface area (Å²) in [6.07, 6.45) is 4.78. The third-order valence-corrected chi connectivity index (χ3v) is 5.09. The molecule has 6 nitrogen and oxygen atoms in total. The Morgan fingerprint density at radius 2 is 1.79 bits per heavy atom. The molecular formula is C22H22FNO5. The van der Waals surface area contributed by atoms with Crippen LogP contribution in [-0.2, 0) is 20.7 Å². The first-order chi connectivity index (χ1) is 14.0. The highest BCUT2D eigenvalue weighted by molar-refractivity contribution is 5.93. The largest absolute Gasteiger partial charge is 0.455 e. The minimum absolute atomic E-state index is 0.227. The standard InChI is InChI=1S/C22H22FNO5/c23-17-7-3-2-6-15(17)12-21(26)27-14-20(25)24-16-8-9-18-19(13-16)29-22(28-18)10-4-1-5-11-22/h2-3,6-9,13H,1,4-5,10-12,14H2,(H,24,25). The Bertz CT molecular complexity index is 923. The summed E-state index contributed by atoms with van der Waals surface area (Å²) in [5.74, 6) is -0.952. The van der Waals surface area contributed by atoms with Gasteiger partial charge in [-0.15, -0.1) is 0 Å². The van der Waals surface area contributed by atoms with E-state index in [0.717, 1.165) is 25.7 Å². The Labute approximate surface area is 168 Å². The van der Waals surface area contributed by atoms with Crippen molar-refractivity contribution in [1.29, 1.82) is 0 Å². The van der Waals surface area contributed by atoms with Gasteiger partial charge in [0.25, 0.3) is 11.7 Å². The molecule has 1 heterocycles. The molecule has 1 saturated carbocycles. The molecule has 1 fully saturated rings. The van der Waals surface area contributed by atoms with Gasteiger partial charge >= 0.3 is 5.97 Å². The second-order valence-corrected chi connectivity index (χ2v) is 7.31. The molecule has 0 aromatic heterocycles. The number of hydrogen-bond donors (Lipinski definition) is 1. The Kier molecular flexibility index (Phi) is 5.38. The Hall–Kier alpha value is -3.09. The molecule has 1 N–H and O–H groups in total. The third kappa shape index (κ3) is 4.50. The summed E-state index contributed by atoms with van der Waals surface area (Å²) in [7, 11) is 0. The Balaban J connectivity index is 1.29. The molecule has 4 rings (SSSR count). The van der Waals surface area contributed by atoms with Gasteiger partial charge in [0.1, 0.15) is 5.82 Å². The van der Waals surface area contributed by atoms with Crippen LogP contribution in [0.25, 0.3) is 0 Å². The normalized spacial score (nSPS) is 16.4. The van der Waals surface area contributed by atoms with E-state index in [1.807, 2.05) is 0 Å². The van der Waals surface area contributed by atoms with Crippen LogP contribution in [0.2, 0.25) is 0 Å². The lowest BCUT2D eigenvalue weighted by Crippen LogP contribution is -2.40. The van der Waals surface area contributed by atoms with E-state index in [1.165, 1.54) is 18.6 Å². The highest BCUT2D eigenvalue weighted by Gasteiger charge is 2.42. The van der Waals surface area contributed by atoms with Crippen molar-refractivity contribution in [2.75, 3.05) is 11.9 Å². The highest BCUT2D eigenvalue weighted by Crippen LogP contribution is 2.46. The van der Waals surface area contributed by atoms with Gasteiger partial charge in [-0.3, -0.25) is 9.59 Å². The molecule has 0 unspecified atom stereocenters. The maximum Gasteiger partial charge on any atom is 0.310 e. The molecule has 29 heavy (non-hydrogen) atoms. The second-order valence-electron chi connectivity index (χ2n) is 7.31. The minimum atomic E-state index is -0.671. The number of anilines is 1. The molecule has 0 atom stereocenters. The average Bonchev–Trinajstić information content (AvgIpc) is 3.05. The fourth-order valence-corrected chi connectivity index (χ4v) is 3.66. The van der Waals surface area contributed by atoms with Gasteiger partial charge in [-0.25, -0.2) is 4.39 Å². The fourth-order valence-electron chi connectivity index (χ4n) is 3.66. The Morgan fingerprint density at radius 3 is 2.59 bits per heavy atom. The number of ether oxygens (including phenoxy) is 3. The lowest BCUT2D eigenvalue weighted by Gasteiger charge is -2.31. The lowest BCUT2D eigenvalue weighted by molar-refractivity contribution is -0.146. The van der Waals surface area contributed by atoms with Gasteiger partial charge in [0.05, 0.1) is 6.42 Å². The molecule has 1 aliphatic heterocycles. The number of amides is 1. The van der Waals surface area contributed by atoms with Gasteiger partial charge < -0.3 is 19.5 Å². The summed E-state index contributed by atoms with van der Waals surface area (Å²) in [5.41, 5.74) is 0.751. The second kappa shape index (κ2) is 8.11. The zero-order valence-corrected chi connectivity index (χ0v) is 15.9. The SMILES string of the molecule is O=C(COC(=O)Cc1ccccc1F)Nc1ccc2c(c1)OC1(CCCCC1)O2. The molecule has 1 amide bonds. The number of fused-ring (bicyclic) bond motifs is 1. The summed E-state index contributed by atoms with van der Waals surface area (Å²) in [4.78, 5) is 23.9. The van der Waals surface area contributed by atoms with Crippen LogP contribution in [0, 0.1) is 5.82 Å². The van der Waals surface area contributed by atoms with Gasteiger partial charge in [-0.1, -0.05) is 24.6 Å². The number of carbonyl (C=O) groups excluding carboxylic acids is 2. The van der Waals surface area contributed by atoms with Crippen LogP contribution in [0.1, 0.15) is 37.7 Å². The van der Waals surface area contributed by atoms with Crippen LogP contribution < -0.4 is 14.8 Å². The number of nitrogens with one attached hydrogen (secondary N) is 1. The smallest absolute Gasteiger partial charge is 0.310 e. The van der Waals surface area contributed by atoms with E-state index in [4.69, 9.17) is 14.2 Å². The van der Waals surface area contributed by atoms with Crippen molar-refractivity contribution in [3.63, 3.8) is 0 Å². The van der Waals surface area contributed by atoms with Gasteiger partial charge in [-0.2, -0.15) is 0 Å². The van der Waals surface area contributed by atoms with Crippen LogP contribution in [0.5, 0.6) is 11.5 Å². The molecule has 152 valence electrons. The number of halogens is 1. The van der Waals surface area contributed by atoms with Crippen LogP contribution in [0.15, 0.2) is 42.5 Å². The van der Waals surface area contributed by atoms with E-state index in [1.54, 1.807) is 30.3 Å². The molecule has 2 aliphatic rings. The zero-order valence-electron chi connectivity index (χ0n) is 15.9. The first-order valence-corrected chi connectivity index (χ1v) is 9.74. The van der Waals surface area contributed by atoms with Gasteiger partial charge in [0, 0.05) is 24.6 Å². The monoisotopic (exact) mass is 399 g/mol. The van der Waals surface area contributed by atoms with Crippen LogP contribution in [0.3, 0.4) is 0 Å². The van der Waals surface area contributed by atoms with E-state index in [-0.39, 0.29) is 12.0 Å². The first-order valence-electron chi connectivity index (χ1n) is 9.74. The van der Waals surface area contributed by atoms with Crippen molar-refractivity contribution < 1.29 is 28.2 Å². The summed E-state index contributed by atoms with van der Waals surface area (Å²) in [6.45, 7) is -0.453. The van der Waals surface area contributed by atoms with Gasteiger partial charge in [-0.05, 0) is 36.6 Å². The first kappa shape index (κ1) is 19.2. The van der Waals surface area contributed by atoms with Crippen LogP contribution >= 0.6 is 0 Å². The fraction of sp³-hybridized carbons (Fsp3) is 0.364. The lowest BCUT2D eigenvalue weighted by atomic mass is 9.94. The highest BCUT2D eigenvalue weighted by atomic mass is 19.1. The molecule has 2 aromatic carbocycles. The van der Waals surface area contributed by atoms with Crippen molar-refractivity contribution in [3.05, 3.63) is 53.8 Å². The number of esters is 1. The van der Waals surface area contributed by atoms with Crippen molar-refractivity contribution in [2.24, 2.45) is 0 Å². The molecule has 1 aliphatic carbocycles. The van der Waals surface area contributed by atoms with Crippen molar-refractivity contribution in [3.8, 4) is 11.5 Å². The molecule has 0 saturated heterocycles. The summed E-state index contributed by atoms with van der Waals surface area (Å²) in [5, 5.41) is 2.67. The molecule has 1 spiro atoms. The molecule has 2 aromatic rings. The molecular weight excluding hydrogens is 377 g/mol. The molecule has 7 heteroatoms. The topological polar surface area (TPSA) is 73.9 Å². The maximum atomic E-state index is 13.6. The summed E-state index contributed by atoms with van der Waals surface area (Å²) >= 11 is 0. The number of carbonyl (C=O) groups is 2. The summed E-state index contributed by atoms with van der Waals surface area (Å²) in [6, 6.07) is 11.1. The quantitative estimate of drug-likeness (QED) is 0.770. The number of rotatable bonds is 5. The number of hydrogen-bond acceptors (Lipinski definition) is 5. The van der Waals surface area contributed by atoms with Crippen molar-refractivity contribution >= 4 is 17.6 Å². The van der Waals surface area contributed by atoms with Crippen molar-refractivity contribution in [2.45, 2.75) is 44.3 Å².